The van der Waals surface area contributed by atoms with Crippen molar-refractivity contribution in [2.24, 2.45) is 0 Å². The SMILES string of the molecule is COCCOc1ccc(OC(=O)c2ccc(C)cc2C)cc1. The molecular formula is C18H20O4. The van der Waals surface area contributed by atoms with E-state index in [0.717, 1.165) is 11.1 Å². The van der Waals surface area contributed by atoms with Gasteiger partial charge in [-0.25, -0.2) is 4.79 Å². The van der Waals surface area contributed by atoms with Crippen molar-refractivity contribution in [2.45, 2.75) is 13.8 Å². The average molecular weight is 300 g/mol. The Bertz CT molecular complexity index is 632. The third kappa shape index (κ3) is 4.33. The van der Waals surface area contributed by atoms with Gasteiger partial charge in [0, 0.05) is 7.11 Å². The molecule has 116 valence electrons. The van der Waals surface area contributed by atoms with Crippen molar-refractivity contribution in [3.63, 3.8) is 0 Å². The number of ether oxygens (including phenoxy) is 3. The predicted molar refractivity (Wildman–Crippen MR) is 84.7 cm³/mol. The van der Waals surface area contributed by atoms with Gasteiger partial charge in [0.05, 0.1) is 12.2 Å². The predicted octanol–water partition coefficient (Wildman–Crippen LogP) is 3.55. The van der Waals surface area contributed by atoms with E-state index in [2.05, 4.69) is 0 Å². The quantitative estimate of drug-likeness (QED) is 0.465. The lowest BCUT2D eigenvalue weighted by Crippen LogP contribution is -2.10. The summed E-state index contributed by atoms with van der Waals surface area (Å²) >= 11 is 0. The largest absolute Gasteiger partial charge is 0.491 e. The fraction of sp³-hybridized carbons (Fsp3) is 0.278. The van der Waals surface area contributed by atoms with Gasteiger partial charge in [-0.15, -0.1) is 0 Å². The van der Waals surface area contributed by atoms with Gasteiger partial charge in [-0.3, -0.25) is 0 Å². The molecule has 0 aromatic heterocycles. The van der Waals surface area contributed by atoms with Crippen LogP contribution in [0.2, 0.25) is 0 Å². The number of methoxy groups -OCH3 is 1. The molecule has 0 bridgehead atoms. The molecule has 0 radical (unpaired) electrons. The van der Waals surface area contributed by atoms with Crippen molar-refractivity contribution >= 4 is 5.97 Å². The maximum atomic E-state index is 12.2. The Morgan fingerprint density at radius 3 is 2.27 bits per heavy atom. The molecule has 0 saturated carbocycles. The van der Waals surface area contributed by atoms with Gasteiger partial charge in [0.15, 0.2) is 0 Å². The minimum absolute atomic E-state index is 0.356. The Morgan fingerprint density at radius 2 is 1.64 bits per heavy atom. The van der Waals surface area contributed by atoms with Crippen LogP contribution in [0.3, 0.4) is 0 Å². The highest BCUT2D eigenvalue weighted by atomic mass is 16.5. The summed E-state index contributed by atoms with van der Waals surface area (Å²) in [5.41, 5.74) is 2.60. The van der Waals surface area contributed by atoms with Crippen LogP contribution < -0.4 is 9.47 Å². The molecule has 0 fully saturated rings. The molecule has 4 heteroatoms. The van der Waals surface area contributed by atoms with E-state index in [1.807, 2.05) is 26.0 Å². The molecule has 0 aliphatic carbocycles. The van der Waals surface area contributed by atoms with Gasteiger partial charge in [0.1, 0.15) is 18.1 Å². The van der Waals surface area contributed by atoms with E-state index in [1.165, 1.54) is 0 Å². The lowest BCUT2D eigenvalue weighted by atomic mass is 10.1. The van der Waals surface area contributed by atoms with Gasteiger partial charge in [-0.1, -0.05) is 17.7 Å². The lowest BCUT2D eigenvalue weighted by molar-refractivity contribution is 0.0734. The topological polar surface area (TPSA) is 44.8 Å². The Kier molecular flexibility index (Phi) is 5.55. The summed E-state index contributed by atoms with van der Waals surface area (Å²) in [4.78, 5) is 12.2. The molecule has 22 heavy (non-hydrogen) atoms. The number of aryl methyl sites for hydroxylation is 2. The maximum Gasteiger partial charge on any atom is 0.343 e. The first-order valence-corrected chi connectivity index (χ1v) is 7.11. The second-order valence-corrected chi connectivity index (χ2v) is 5.02. The summed E-state index contributed by atoms with van der Waals surface area (Å²) in [5, 5.41) is 0. The van der Waals surface area contributed by atoms with Crippen LogP contribution in [0.25, 0.3) is 0 Å². The van der Waals surface area contributed by atoms with Crippen molar-refractivity contribution in [1.29, 1.82) is 0 Å². The molecule has 0 saturated heterocycles. The molecule has 2 aromatic carbocycles. The van der Waals surface area contributed by atoms with Crippen LogP contribution >= 0.6 is 0 Å². The molecular weight excluding hydrogens is 280 g/mol. The van der Waals surface area contributed by atoms with Gasteiger partial charge in [-0.05, 0) is 49.7 Å². The second kappa shape index (κ2) is 7.61. The van der Waals surface area contributed by atoms with Crippen LogP contribution in [0.15, 0.2) is 42.5 Å². The van der Waals surface area contributed by atoms with Crippen LogP contribution in [-0.2, 0) is 4.74 Å². The number of hydrogen-bond acceptors (Lipinski definition) is 4. The van der Waals surface area contributed by atoms with Gasteiger partial charge < -0.3 is 14.2 Å². The van der Waals surface area contributed by atoms with Gasteiger partial charge in [0.2, 0.25) is 0 Å². The van der Waals surface area contributed by atoms with Gasteiger partial charge in [-0.2, -0.15) is 0 Å². The monoisotopic (exact) mass is 300 g/mol. The highest BCUT2D eigenvalue weighted by Crippen LogP contribution is 2.20. The number of carbonyl (C=O) groups excluding carboxylic acids is 1. The molecule has 2 aromatic rings. The highest BCUT2D eigenvalue weighted by Gasteiger charge is 2.11. The molecule has 0 aliphatic heterocycles. The number of benzene rings is 2. The molecule has 2 rings (SSSR count). The van der Waals surface area contributed by atoms with Crippen molar-refractivity contribution in [3.8, 4) is 11.5 Å². The molecule has 0 amide bonds. The number of carbonyl (C=O) groups is 1. The van der Waals surface area contributed by atoms with Crippen LogP contribution in [0.4, 0.5) is 0 Å². The molecule has 0 spiro atoms. The van der Waals surface area contributed by atoms with Gasteiger partial charge >= 0.3 is 5.97 Å². The minimum Gasteiger partial charge on any atom is -0.491 e. The Balaban J connectivity index is 1.99. The Morgan fingerprint density at radius 1 is 0.955 bits per heavy atom. The van der Waals surface area contributed by atoms with E-state index < -0.39 is 0 Å². The van der Waals surface area contributed by atoms with Crippen LogP contribution in [-0.4, -0.2) is 26.3 Å². The van der Waals surface area contributed by atoms with Crippen LogP contribution in [0.5, 0.6) is 11.5 Å². The Hall–Kier alpha value is -2.33. The maximum absolute atomic E-state index is 12.2. The van der Waals surface area contributed by atoms with Crippen molar-refractivity contribution in [2.75, 3.05) is 20.3 Å². The molecule has 0 unspecified atom stereocenters. The minimum atomic E-state index is -0.356. The average Bonchev–Trinajstić information content (AvgIpc) is 2.49. The second-order valence-electron chi connectivity index (χ2n) is 5.02. The highest BCUT2D eigenvalue weighted by molar-refractivity contribution is 5.92. The van der Waals surface area contributed by atoms with E-state index in [9.17, 15) is 4.79 Å². The van der Waals surface area contributed by atoms with Crippen LogP contribution in [0.1, 0.15) is 21.5 Å². The zero-order chi connectivity index (χ0) is 15.9. The first-order chi connectivity index (χ1) is 10.6. The molecule has 0 aliphatic rings. The first kappa shape index (κ1) is 16.0. The normalized spacial score (nSPS) is 10.3. The van der Waals surface area contributed by atoms with E-state index >= 15 is 0 Å². The smallest absolute Gasteiger partial charge is 0.343 e. The number of esters is 1. The third-order valence-corrected chi connectivity index (χ3v) is 3.19. The summed E-state index contributed by atoms with van der Waals surface area (Å²) in [6, 6.07) is 12.6. The summed E-state index contributed by atoms with van der Waals surface area (Å²) in [6.07, 6.45) is 0. The standard InChI is InChI=1S/C18H20O4/c1-13-4-9-17(14(2)12-13)18(19)22-16-7-5-15(6-8-16)21-11-10-20-3/h4-9,12H,10-11H2,1-3H3. The summed E-state index contributed by atoms with van der Waals surface area (Å²) in [6.45, 7) is 4.91. The van der Waals surface area contributed by atoms with E-state index in [4.69, 9.17) is 14.2 Å². The molecule has 0 N–H and O–H groups in total. The Labute approximate surface area is 130 Å². The fourth-order valence-electron chi connectivity index (χ4n) is 2.05. The first-order valence-electron chi connectivity index (χ1n) is 7.11. The van der Waals surface area contributed by atoms with Gasteiger partial charge in [0.25, 0.3) is 0 Å². The van der Waals surface area contributed by atoms with Crippen LogP contribution in [0, 0.1) is 13.8 Å². The fourth-order valence-corrected chi connectivity index (χ4v) is 2.05. The van der Waals surface area contributed by atoms with Crippen molar-refractivity contribution < 1.29 is 19.0 Å². The van der Waals surface area contributed by atoms with E-state index in [-0.39, 0.29) is 5.97 Å². The molecule has 4 nitrogen and oxygen atoms in total. The lowest BCUT2D eigenvalue weighted by Gasteiger charge is -2.09. The summed E-state index contributed by atoms with van der Waals surface area (Å²) in [7, 11) is 1.62. The zero-order valence-corrected chi connectivity index (χ0v) is 13.1. The summed E-state index contributed by atoms with van der Waals surface area (Å²) < 4.78 is 15.8. The molecule has 0 heterocycles. The number of hydrogen-bond donors (Lipinski definition) is 0. The van der Waals surface area contributed by atoms with Crippen molar-refractivity contribution in [1.82, 2.24) is 0 Å². The third-order valence-electron chi connectivity index (χ3n) is 3.19. The van der Waals surface area contributed by atoms with E-state index in [0.29, 0.717) is 30.3 Å². The van der Waals surface area contributed by atoms with Crippen molar-refractivity contribution in [3.05, 3.63) is 59.2 Å². The van der Waals surface area contributed by atoms with E-state index in [1.54, 1.807) is 37.4 Å². The zero-order valence-electron chi connectivity index (χ0n) is 13.1. The number of rotatable bonds is 6. The molecule has 0 atom stereocenters. The summed E-state index contributed by atoms with van der Waals surface area (Å²) in [5.74, 6) is 0.845.